The number of nitrogens with zero attached hydrogens (tertiary/aromatic N) is 4. The number of aryl methyl sites for hydroxylation is 1. The summed E-state index contributed by atoms with van der Waals surface area (Å²) in [5, 5.41) is 13.0. The fourth-order valence-electron chi connectivity index (χ4n) is 7.78. The number of anilines is 1. The van der Waals surface area contributed by atoms with Crippen LogP contribution in [-0.2, 0) is 47.9 Å². The summed E-state index contributed by atoms with van der Waals surface area (Å²) in [6, 6.07) is 10.8. The molecule has 2 aromatic carbocycles. The maximum absolute atomic E-state index is 13.9. The highest BCUT2D eigenvalue weighted by atomic mass is 35.5. The SMILES string of the molecule is CN1CC/C=C/[C@H](OCCN2CCOCC2)[C@@H]2CC[C@H]2CN2CCCCc3cc(Cl)ccc3COc3ccc(cc32)[C@@](O)(C(=O)NS(=O)(=O)N(C)C)CC1=O. The lowest BCUT2D eigenvalue weighted by atomic mass is 9.70. The third-order valence-electron chi connectivity index (χ3n) is 11.5. The minimum atomic E-state index is -4.30. The van der Waals surface area contributed by atoms with Gasteiger partial charge in [-0.1, -0.05) is 35.9 Å². The van der Waals surface area contributed by atoms with Crippen LogP contribution in [0.5, 0.6) is 5.75 Å². The van der Waals surface area contributed by atoms with Gasteiger partial charge in [0, 0.05) is 65.4 Å². The lowest BCUT2D eigenvalue weighted by Gasteiger charge is -2.44. The molecule has 2 amide bonds. The molecule has 1 aliphatic carbocycles. The molecular weight excluding hydrogens is 746 g/mol. The van der Waals surface area contributed by atoms with Gasteiger partial charge in [0.25, 0.3) is 5.91 Å². The first-order valence-corrected chi connectivity index (χ1v) is 21.2. The molecule has 0 aromatic heterocycles. The lowest BCUT2D eigenvalue weighted by Crippen LogP contribution is -2.51. The molecule has 1 saturated carbocycles. The van der Waals surface area contributed by atoms with Gasteiger partial charge in [0.1, 0.15) is 12.4 Å². The van der Waals surface area contributed by atoms with Crippen molar-refractivity contribution in [2.45, 2.75) is 63.3 Å². The van der Waals surface area contributed by atoms with Crippen molar-refractivity contribution in [3.8, 4) is 5.75 Å². The maximum Gasteiger partial charge on any atom is 0.303 e. The molecule has 0 spiro atoms. The zero-order chi connectivity index (χ0) is 39.2. The van der Waals surface area contributed by atoms with E-state index in [-0.39, 0.29) is 24.2 Å². The summed E-state index contributed by atoms with van der Waals surface area (Å²) in [6.45, 7) is 6.66. The van der Waals surface area contributed by atoms with Crippen molar-refractivity contribution in [3.05, 3.63) is 70.3 Å². The van der Waals surface area contributed by atoms with Crippen molar-refractivity contribution < 1.29 is 37.3 Å². The maximum atomic E-state index is 13.9. The highest BCUT2D eigenvalue weighted by Gasteiger charge is 2.44. The van der Waals surface area contributed by atoms with Gasteiger partial charge in [0.2, 0.25) is 5.91 Å². The van der Waals surface area contributed by atoms with Gasteiger partial charge in [-0.2, -0.15) is 12.7 Å². The molecule has 6 rings (SSSR count). The normalized spacial score (nSPS) is 26.5. The Morgan fingerprint density at radius 2 is 1.87 bits per heavy atom. The molecule has 3 heterocycles. The molecule has 0 unspecified atom stereocenters. The van der Waals surface area contributed by atoms with Crippen LogP contribution >= 0.6 is 11.6 Å². The Morgan fingerprint density at radius 3 is 2.62 bits per heavy atom. The van der Waals surface area contributed by atoms with E-state index in [9.17, 15) is 23.1 Å². The van der Waals surface area contributed by atoms with E-state index in [0.29, 0.717) is 55.0 Å². The minimum absolute atomic E-state index is 0.0913. The molecule has 3 aliphatic heterocycles. The Bertz CT molecular complexity index is 1810. The van der Waals surface area contributed by atoms with Crippen LogP contribution in [0.2, 0.25) is 5.02 Å². The van der Waals surface area contributed by atoms with Gasteiger partial charge >= 0.3 is 10.2 Å². The fraction of sp³-hybridized carbons (Fsp3) is 0.600. The van der Waals surface area contributed by atoms with Crippen LogP contribution in [-0.4, -0.2) is 126 Å². The quantitative estimate of drug-likeness (QED) is 0.399. The fourth-order valence-corrected chi connectivity index (χ4v) is 8.56. The lowest BCUT2D eigenvalue weighted by molar-refractivity contribution is -0.148. The summed E-state index contributed by atoms with van der Waals surface area (Å²) < 4.78 is 47.3. The Balaban J connectivity index is 1.38. The van der Waals surface area contributed by atoms with Crippen LogP contribution in [0.1, 0.15) is 55.2 Å². The molecule has 2 aromatic rings. The van der Waals surface area contributed by atoms with E-state index in [2.05, 4.69) is 22.0 Å². The Hall–Kier alpha value is -3.24. The van der Waals surface area contributed by atoms with Gasteiger partial charge in [-0.05, 0) is 91.3 Å². The second kappa shape index (κ2) is 18.4. The van der Waals surface area contributed by atoms with Crippen LogP contribution in [0, 0.1) is 11.8 Å². The Kier molecular flexibility index (Phi) is 13.8. The number of hydrogen-bond donors (Lipinski definition) is 2. The molecule has 55 heavy (non-hydrogen) atoms. The van der Waals surface area contributed by atoms with Crippen molar-refractivity contribution in [3.63, 3.8) is 0 Å². The molecule has 1 saturated heterocycles. The summed E-state index contributed by atoms with van der Waals surface area (Å²) in [6.07, 6.45) is 8.59. The number of morpholine rings is 1. The number of benzene rings is 2. The second-order valence-electron chi connectivity index (χ2n) is 15.4. The smallest absolute Gasteiger partial charge is 0.303 e. The average Bonchev–Trinajstić information content (AvgIpc) is 3.17. The number of rotatable bonds is 7. The van der Waals surface area contributed by atoms with Crippen molar-refractivity contribution >= 4 is 39.3 Å². The number of carbonyl (C=O) groups is 2. The predicted molar refractivity (Wildman–Crippen MR) is 211 cm³/mol. The first-order valence-electron chi connectivity index (χ1n) is 19.4. The third-order valence-corrected chi connectivity index (χ3v) is 13.1. The van der Waals surface area contributed by atoms with E-state index >= 15 is 0 Å². The largest absolute Gasteiger partial charge is 0.487 e. The van der Waals surface area contributed by atoms with Gasteiger partial charge in [-0.3, -0.25) is 14.5 Å². The zero-order valence-corrected chi connectivity index (χ0v) is 33.8. The van der Waals surface area contributed by atoms with Gasteiger partial charge in [-0.15, -0.1) is 0 Å². The molecule has 15 heteroatoms. The predicted octanol–water partition coefficient (Wildman–Crippen LogP) is 3.72. The number of ether oxygens (including phenoxy) is 3. The molecule has 4 aliphatic rings. The summed E-state index contributed by atoms with van der Waals surface area (Å²) >= 11 is 6.40. The number of halogens is 1. The molecule has 2 fully saturated rings. The summed E-state index contributed by atoms with van der Waals surface area (Å²) in [5.74, 6) is -0.619. The number of carbonyl (C=O) groups excluding carboxylic acids is 2. The molecule has 302 valence electrons. The van der Waals surface area contributed by atoms with Crippen LogP contribution in [0.15, 0.2) is 48.6 Å². The van der Waals surface area contributed by atoms with Gasteiger partial charge in [0.05, 0.1) is 38.0 Å². The van der Waals surface area contributed by atoms with E-state index in [0.717, 1.165) is 80.4 Å². The van der Waals surface area contributed by atoms with Gasteiger partial charge < -0.3 is 29.1 Å². The van der Waals surface area contributed by atoms with Gasteiger partial charge in [-0.25, -0.2) is 4.72 Å². The van der Waals surface area contributed by atoms with Crippen LogP contribution in [0.3, 0.4) is 0 Å². The standard InChI is InChI=1S/C40H56ClN5O8S/c1-43(2)55(50,51)42-39(48)40(49)26-38(47)44(3)16-6-5-9-36(53-23-20-45-18-21-52-22-19-45)34-14-11-30(34)27-46-17-7-4-8-29-24-33(41)13-10-31(29)28-54-37-15-12-32(40)25-35(37)46/h5,9-10,12-13,15,24-25,30,34,36,49H,4,6-8,11,14,16-23,26-28H2,1-3H3,(H,42,48)/b9-5+/t30-,34+,36-,40+/m0/s1. The van der Waals surface area contributed by atoms with Crippen molar-refractivity contribution in [1.29, 1.82) is 0 Å². The number of aliphatic hydroxyl groups is 1. The molecule has 0 radical (unpaired) electrons. The minimum Gasteiger partial charge on any atom is -0.487 e. The Labute approximate surface area is 330 Å². The molecular formula is C40H56ClN5O8S. The molecule has 4 atom stereocenters. The number of nitrogens with one attached hydrogen (secondary N) is 1. The van der Waals surface area contributed by atoms with Gasteiger partial charge in [0.15, 0.2) is 5.60 Å². The average molecular weight is 802 g/mol. The highest BCUT2D eigenvalue weighted by Crippen LogP contribution is 2.43. The number of amides is 2. The van der Waals surface area contributed by atoms with Crippen molar-refractivity contribution in [2.24, 2.45) is 11.8 Å². The summed E-state index contributed by atoms with van der Waals surface area (Å²) in [7, 11) is -0.127. The first kappa shape index (κ1) is 41.4. The number of fused-ring (bicyclic) bond motifs is 3. The van der Waals surface area contributed by atoms with E-state index < -0.39 is 34.0 Å². The first-order chi connectivity index (χ1) is 26.3. The van der Waals surface area contributed by atoms with Crippen LogP contribution in [0.25, 0.3) is 0 Å². The molecule has 2 bridgehead atoms. The van der Waals surface area contributed by atoms with Crippen molar-refractivity contribution in [1.82, 2.24) is 18.8 Å². The Morgan fingerprint density at radius 1 is 1.07 bits per heavy atom. The topological polar surface area (TPSA) is 141 Å². The third kappa shape index (κ3) is 10.2. The van der Waals surface area contributed by atoms with Crippen LogP contribution < -0.4 is 14.4 Å². The molecule has 2 N–H and O–H groups in total. The van der Waals surface area contributed by atoms with Crippen LogP contribution in [0.4, 0.5) is 5.69 Å². The van der Waals surface area contributed by atoms with E-state index in [1.165, 1.54) is 19.0 Å². The second-order valence-corrected chi connectivity index (χ2v) is 17.7. The van der Waals surface area contributed by atoms with E-state index in [1.54, 1.807) is 25.2 Å². The molecule has 13 nitrogen and oxygen atoms in total. The van der Waals surface area contributed by atoms with Crippen molar-refractivity contribution in [2.75, 3.05) is 85.1 Å². The highest BCUT2D eigenvalue weighted by molar-refractivity contribution is 7.87. The monoisotopic (exact) mass is 801 g/mol. The summed E-state index contributed by atoms with van der Waals surface area (Å²) in [5.41, 5.74) is 0.384. The van der Waals surface area contributed by atoms with E-state index in [1.807, 2.05) is 22.9 Å². The van der Waals surface area contributed by atoms with E-state index in [4.69, 9.17) is 25.8 Å². The zero-order valence-electron chi connectivity index (χ0n) is 32.3. The number of hydrogen-bond acceptors (Lipinski definition) is 10. The summed E-state index contributed by atoms with van der Waals surface area (Å²) in [4.78, 5) is 33.8.